The molecule has 6 nitrogen and oxygen atoms in total. The van der Waals surface area contributed by atoms with Crippen LogP contribution in [0.25, 0.3) is 10.8 Å². The second-order valence-electron chi connectivity index (χ2n) is 8.66. The molecule has 0 bridgehead atoms. The molecule has 0 unspecified atom stereocenters. The third-order valence-electron chi connectivity index (χ3n) is 6.87. The second-order valence-corrected chi connectivity index (χ2v) is 8.66. The zero-order valence-corrected chi connectivity index (χ0v) is 17.7. The largest absolute Gasteiger partial charge is 0.342 e. The standard InChI is InChI=1S/C25H28N4O2/c30-24(27-15-10-21(11-16-27)29-17-12-26-18-29)20-8-13-28(14-9-20)25(31)23-7-3-5-19-4-1-2-6-22(19)23/h1-7,12,17-18,20-21H,8-11,13-16H2. The summed E-state index contributed by atoms with van der Waals surface area (Å²) in [5.74, 6) is 0.367. The van der Waals surface area contributed by atoms with E-state index in [9.17, 15) is 9.59 Å². The zero-order chi connectivity index (χ0) is 21.2. The Bertz CT molecular complexity index is 1060. The maximum atomic E-state index is 13.2. The Morgan fingerprint density at radius 1 is 0.839 bits per heavy atom. The van der Waals surface area contributed by atoms with E-state index in [1.807, 2.05) is 71.0 Å². The molecule has 0 spiro atoms. The van der Waals surface area contributed by atoms with Crippen LogP contribution in [-0.4, -0.2) is 57.3 Å². The number of rotatable bonds is 3. The van der Waals surface area contributed by atoms with E-state index in [1.165, 1.54) is 0 Å². The molecule has 0 radical (unpaired) electrons. The first-order valence-electron chi connectivity index (χ1n) is 11.2. The molecule has 2 fully saturated rings. The maximum Gasteiger partial charge on any atom is 0.254 e. The highest BCUT2D eigenvalue weighted by Crippen LogP contribution is 2.27. The van der Waals surface area contributed by atoms with Gasteiger partial charge in [-0.2, -0.15) is 0 Å². The number of carbonyl (C=O) groups excluding carboxylic acids is 2. The number of hydrogen-bond donors (Lipinski definition) is 0. The molecular formula is C25H28N4O2. The van der Waals surface area contributed by atoms with Gasteiger partial charge in [-0.15, -0.1) is 0 Å². The minimum atomic E-state index is 0.0290. The minimum Gasteiger partial charge on any atom is -0.342 e. The Hall–Kier alpha value is -3.15. The Labute approximate surface area is 182 Å². The van der Waals surface area contributed by atoms with Gasteiger partial charge in [0.2, 0.25) is 5.91 Å². The Balaban J connectivity index is 1.18. The molecule has 0 N–H and O–H groups in total. The molecule has 5 rings (SSSR count). The van der Waals surface area contributed by atoms with Crippen molar-refractivity contribution in [2.75, 3.05) is 26.2 Å². The van der Waals surface area contributed by atoms with E-state index in [0.29, 0.717) is 19.1 Å². The first-order valence-corrected chi connectivity index (χ1v) is 11.2. The molecular weight excluding hydrogens is 388 g/mol. The lowest BCUT2D eigenvalue weighted by Crippen LogP contribution is -2.46. The fraction of sp³-hybridized carbons (Fsp3) is 0.400. The first kappa shape index (κ1) is 19.8. The Morgan fingerprint density at radius 3 is 2.29 bits per heavy atom. The summed E-state index contributed by atoms with van der Waals surface area (Å²) < 4.78 is 2.15. The summed E-state index contributed by atoms with van der Waals surface area (Å²) in [5.41, 5.74) is 0.754. The molecule has 2 saturated heterocycles. The van der Waals surface area contributed by atoms with E-state index in [1.54, 1.807) is 0 Å². The highest BCUT2D eigenvalue weighted by Gasteiger charge is 2.32. The molecule has 3 aromatic rings. The summed E-state index contributed by atoms with van der Waals surface area (Å²) in [7, 11) is 0. The lowest BCUT2D eigenvalue weighted by Gasteiger charge is -2.37. The average molecular weight is 417 g/mol. The molecule has 2 amide bonds. The van der Waals surface area contributed by atoms with Crippen molar-refractivity contribution in [2.24, 2.45) is 5.92 Å². The molecule has 2 aliphatic heterocycles. The van der Waals surface area contributed by atoms with Gasteiger partial charge in [-0.05, 0) is 42.5 Å². The molecule has 31 heavy (non-hydrogen) atoms. The fourth-order valence-corrected chi connectivity index (χ4v) is 5.04. The number of fused-ring (bicyclic) bond motifs is 1. The van der Waals surface area contributed by atoms with E-state index < -0.39 is 0 Å². The summed E-state index contributed by atoms with van der Waals surface area (Å²) in [6.45, 7) is 2.89. The zero-order valence-electron chi connectivity index (χ0n) is 17.7. The van der Waals surface area contributed by atoms with Crippen molar-refractivity contribution in [1.29, 1.82) is 0 Å². The monoisotopic (exact) mass is 416 g/mol. The number of aromatic nitrogens is 2. The van der Waals surface area contributed by atoms with Gasteiger partial charge in [-0.3, -0.25) is 9.59 Å². The van der Waals surface area contributed by atoms with Crippen molar-refractivity contribution in [3.05, 3.63) is 66.7 Å². The SMILES string of the molecule is O=C(c1cccc2ccccc12)N1CCC(C(=O)N2CCC(n3ccnc3)CC2)CC1. The predicted molar refractivity (Wildman–Crippen MR) is 120 cm³/mol. The molecule has 0 atom stereocenters. The van der Waals surface area contributed by atoms with E-state index in [2.05, 4.69) is 9.55 Å². The molecule has 3 heterocycles. The van der Waals surface area contributed by atoms with E-state index in [0.717, 1.165) is 55.1 Å². The van der Waals surface area contributed by atoms with E-state index >= 15 is 0 Å². The van der Waals surface area contributed by atoms with Crippen molar-refractivity contribution < 1.29 is 9.59 Å². The molecule has 2 aromatic carbocycles. The molecule has 160 valence electrons. The smallest absolute Gasteiger partial charge is 0.254 e. The van der Waals surface area contributed by atoms with Gasteiger partial charge in [0.05, 0.1) is 6.33 Å². The number of hydrogen-bond acceptors (Lipinski definition) is 3. The fourth-order valence-electron chi connectivity index (χ4n) is 5.04. The summed E-state index contributed by atoms with van der Waals surface area (Å²) in [5, 5.41) is 2.08. The van der Waals surface area contributed by atoms with Gasteiger partial charge >= 0.3 is 0 Å². The van der Waals surface area contributed by atoms with Gasteiger partial charge in [-0.1, -0.05) is 36.4 Å². The number of carbonyl (C=O) groups is 2. The van der Waals surface area contributed by atoms with Gasteiger partial charge in [0.25, 0.3) is 5.91 Å². The third-order valence-corrected chi connectivity index (χ3v) is 6.87. The molecule has 2 aliphatic rings. The van der Waals surface area contributed by atoms with E-state index in [-0.39, 0.29) is 17.7 Å². The van der Waals surface area contributed by atoms with Gasteiger partial charge in [0.1, 0.15) is 0 Å². The lowest BCUT2D eigenvalue weighted by molar-refractivity contribution is -0.138. The van der Waals surface area contributed by atoms with Crippen LogP contribution < -0.4 is 0 Å². The number of benzene rings is 2. The second kappa shape index (κ2) is 8.53. The van der Waals surface area contributed by atoms with E-state index in [4.69, 9.17) is 0 Å². The number of likely N-dealkylation sites (tertiary alicyclic amines) is 2. The van der Waals surface area contributed by atoms with Crippen molar-refractivity contribution in [2.45, 2.75) is 31.7 Å². The lowest BCUT2D eigenvalue weighted by atomic mass is 9.93. The first-order chi connectivity index (χ1) is 15.2. The summed E-state index contributed by atoms with van der Waals surface area (Å²) >= 11 is 0. The van der Waals surface area contributed by atoms with Crippen LogP contribution in [0.5, 0.6) is 0 Å². The number of nitrogens with zero attached hydrogens (tertiary/aromatic N) is 4. The van der Waals surface area contributed by atoms with Crippen LogP contribution in [0.2, 0.25) is 0 Å². The summed E-state index contributed by atoms with van der Waals surface area (Å²) in [6.07, 6.45) is 9.12. The van der Waals surface area contributed by atoms with Crippen LogP contribution in [0.4, 0.5) is 0 Å². The highest BCUT2D eigenvalue weighted by molar-refractivity contribution is 6.07. The quantitative estimate of drug-likeness (QED) is 0.653. The molecule has 6 heteroatoms. The summed E-state index contributed by atoms with van der Waals surface area (Å²) in [6, 6.07) is 14.3. The number of piperidine rings is 2. The van der Waals surface area contributed by atoms with Crippen molar-refractivity contribution in [3.8, 4) is 0 Å². The molecule has 1 aromatic heterocycles. The topological polar surface area (TPSA) is 58.4 Å². The maximum absolute atomic E-state index is 13.2. The van der Waals surface area contributed by atoms with Crippen LogP contribution in [0.3, 0.4) is 0 Å². The van der Waals surface area contributed by atoms with Crippen molar-refractivity contribution in [3.63, 3.8) is 0 Å². The van der Waals surface area contributed by atoms with Gasteiger partial charge in [0.15, 0.2) is 0 Å². The predicted octanol–water partition coefficient (Wildman–Crippen LogP) is 3.75. The summed E-state index contributed by atoms with van der Waals surface area (Å²) in [4.78, 5) is 34.3. The van der Waals surface area contributed by atoms with Gasteiger partial charge < -0.3 is 14.4 Å². The van der Waals surface area contributed by atoms with Crippen LogP contribution in [0.15, 0.2) is 61.2 Å². The normalized spacial score (nSPS) is 18.5. The van der Waals surface area contributed by atoms with Crippen molar-refractivity contribution in [1.82, 2.24) is 19.4 Å². The number of amides is 2. The number of imidazole rings is 1. The van der Waals surface area contributed by atoms with Crippen LogP contribution >= 0.6 is 0 Å². The van der Waals surface area contributed by atoms with Crippen LogP contribution in [-0.2, 0) is 4.79 Å². The van der Waals surface area contributed by atoms with Crippen molar-refractivity contribution >= 4 is 22.6 Å². The highest BCUT2D eigenvalue weighted by atomic mass is 16.2. The average Bonchev–Trinajstić information content (AvgIpc) is 3.38. The third kappa shape index (κ3) is 3.94. The van der Waals surface area contributed by atoms with Gasteiger partial charge in [0, 0.05) is 56.1 Å². The van der Waals surface area contributed by atoms with Crippen LogP contribution in [0.1, 0.15) is 42.1 Å². The molecule has 0 aliphatic carbocycles. The Morgan fingerprint density at radius 2 is 1.55 bits per heavy atom. The molecule has 0 saturated carbocycles. The Kier molecular flexibility index (Phi) is 5.45. The van der Waals surface area contributed by atoms with Crippen LogP contribution in [0, 0.1) is 5.92 Å². The van der Waals surface area contributed by atoms with Gasteiger partial charge in [-0.25, -0.2) is 4.98 Å². The minimum absolute atomic E-state index is 0.0290.